The molecule has 0 aliphatic carbocycles. The number of aromatic nitrogens is 4. The quantitative estimate of drug-likeness (QED) is 0.377. The zero-order valence-corrected chi connectivity index (χ0v) is 20.7. The molecule has 10 heteroatoms. The normalized spacial score (nSPS) is 14.4. The lowest BCUT2D eigenvalue weighted by Crippen LogP contribution is -2.49. The number of piperazine rings is 1. The van der Waals surface area contributed by atoms with Crippen molar-refractivity contribution in [1.29, 1.82) is 0 Å². The second-order valence-electron chi connectivity index (χ2n) is 9.10. The third-order valence-electron chi connectivity index (χ3n) is 6.51. The molecule has 0 N–H and O–H groups in total. The molecule has 1 fully saturated rings. The van der Waals surface area contributed by atoms with E-state index in [9.17, 15) is 18.0 Å². The van der Waals surface area contributed by atoms with Crippen molar-refractivity contribution < 1.29 is 18.0 Å². The molecular weight excluding hydrogens is 481 g/mol. The van der Waals surface area contributed by atoms with Gasteiger partial charge in [0.15, 0.2) is 5.65 Å². The number of nitrogens with zero attached hydrogens (tertiary/aromatic N) is 6. The second-order valence-corrected chi connectivity index (χ2v) is 9.10. The molecule has 3 heterocycles. The molecule has 0 atom stereocenters. The largest absolute Gasteiger partial charge is 0.416 e. The van der Waals surface area contributed by atoms with E-state index in [1.54, 1.807) is 4.90 Å². The van der Waals surface area contributed by atoms with Gasteiger partial charge in [0.1, 0.15) is 11.6 Å². The summed E-state index contributed by atoms with van der Waals surface area (Å²) < 4.78 is 41.2. The van der Waals surface area contributed by atoms with E-state index in [4.69, 9.17) is 15.1 Å². The number of hydrogen-bond donors (Lipinski definition) is 0. The van der Waals surface area contributed by atoms with Crippen LogP contribution in [0.2, 0.25) is 0 Å². The highest BCUT2D eigenvalue weighted by Gasteiger charge is 2.32. The fraction of sp³-hybridized carbons (Fsp3) is 0.333. The number of rotatable bonds is 5. The van der Waals surface area contributed by atoms with E-state index in [1.165, 1.54) is 12.1 Å². The average molecular weight is 509 g/mol. The number of halogens is 3. The minimum Gasteiger partial charge on any atom is -0.352 e. The van der Waals surface area contributed by atoms with Gasteiger partial charge in [0.2, 0.25) is 0 Å². The molecule has 0 spiro atoms. The molecule has 1 saturated heterocycles. The van der Waals surface area contributed by atoms with Crippen LogP contribution in [0.25, 0.3) is 16.7 Å². The number of para-hydroxylation sites is 1. The van der Waals surface area contributed by atoms with Crippen molar-refractivity contribution in [3.8, 4) is 5.69 Å². The van der Waals surface area contributed by atoms with E-state index in [1.807, 2.05) is 41.9 Å². The number of benzene rings is 2. The van der Waals surface area contributed by atoms with Gasteiger partial charge in [-0.25, -0.2) is 14.6 Å². The van der Waals surface area contributed by atoms with E-state index in [2.05, 4.69) is 11.8 Å². The van der Waals surface area contributed by atoms with Crippen LogP contribution in [0.15, 0.2) is 54.6 Å². The summed E-state index contributed by atoms with van der Waals surface area (Å²) in [5.41, 5.74) is 1.66. The van der Waals surface area contributed by atoms with E-state index < -0.39 is 17.6 Å². The monoisotopic (exact) mass is 508 g/mol. The molecule has 1 aliphatic rings. The average Bonchev–Trinajstić information content (AvgIpc) is 3.24. The summed E-state index contributed by atoms with van der Waals surface area (Å²) in [5, 5.41) is 5.62. The topological polar surface area (TPSA) is 67.2 Å². The summed E-state index contributed by atoms with van der Waals surface area (Å²) in [6.07, 6.45) is -2.88. The van der Waals surface area contributed by atoms with E-state index in [-0.39, 0.29) is 5.56 Å². The third-order valence-corrected chi connectivity index (χ3v) is 6.51. The smallest absolute Gasteiger partial charge is 0.352 e. The van der Waals surface area contributed by atoms with Gasteiger partial charge in [-0.05, 0) is 43.7 Å². The molecule has 0 saturated carbocycles. The minimum atomic E-state index is -4.49. The van der Waals surface area contributed by atoms with Gasteiger partial charge in [0.25, 0.3) is 5.91 Å². The molecule has 1 aliphatic heterocycles. The molecule has 192 valence electrons. The van der Waals surface area contributed by atoms with Gasteiger partial charge in [-0.2, -0.15) is 18.3 Å². The lowest BCUT2D eigenvalue weighted by Gasteiger charge is -2.36. The standard InChI is InChI=1S/C27H27F3N6O/c1-3-8-22-31-24(23-18(2)33-36(25(23)32-22)21-11-5-4-6-12-21)34-13-15-35(16-14-34)26(37)19-9-7-10-20(17-19)27(28,29)30/h4-7,9-12,17H,3,8,13-16H2,1-2H3. The maximum Gasteiger partial charge on any atom is 0.416 e. The number of carbonyl (C=O) groups excluding carboxylic acids is 1. The first-order valence-electron chi connectivity index (χ1n) is 12.3. The molecule has 1 amide bonds. The number of hydrogen-bond acceptors (Lipinski definition) is 5. The Morgan fingerprint density at radius 2 is 1.70 bits per heavy atom. The number of anilines is 1. The van der Waals surface area contributed by atoms with Crippen molar-refractivity contribution in [1.82, 2.24) is 24.6 Å². The van der Waals surface area contributed by atoms with Crippen molar-refractivity contribution in [2.24, 2.45) is 0 Å². The van der Waals surface area contributed by atoms with Crippen molar-refractivity contribution in [2.45, 2.75) is 32.9 Å². The van der Waals surface area contributed by atoms with Crippen LogP contribution < -0.4 is 4.90 Å². The zero-order valence-electron chi connectivity index (χ0n) is 20.7. The van der Waals surface area contributed by atoms with Crippen LogP contribution in [0, 0.1) is 6.92 Å². The number of aryl methyl sites for hydroxylation is 2. The van der Waals surface area contributed by atoms with E-state index in [0.29, 0.717) is 26.2 Å². The van der Waals surface area contributed by atoms with Crippen LogP contribution in [0.3, 0.4) is 0 Å². The van der Waals surface area contributed by atoms with Crippen molar-refractivity contribution in [2.75, 3.05) is 31.1 Å². The number of amides is 1. The molecule has 7 nitrogen and oxygen atoms in total. The summed E-state index contributed by atoms with van der Waals surface area (Å²) in [5.74, 6) is 1.10. The fourth-order valence-electron chi connectivity index (χ4n) is 4.65. The third kappa shape index (κ3) is 4.87. The maximum absolute atomic E-state index is 13.1. The Hall–Kier alpha value is -3.95. The maximum atomic E-state index is 13.1. The highest BCUT2D eigenvalue weighted by Crippen LogP contribution is 2.31. The van der Waals surface area contributed by atoms with E-state index >= 15 is 0 Å². The first kappa shape index (κ1) is 24.7. The van der Waals surface area contributed by atoms with Gasteiger partial charge in [0, 0.05) is 38.2 Å². The van der Waals surface area contributed by atoms with Gasteiger partial charge in [-0.15, -0.1) is 0 Å². The first-order valence-corrected chi connectivity index (χ1v) is 12.3. The van der Waals surface area contributed by atoms with Gasteiger partial charge in [-0.1, -0.05) is 31.2 Å². The summed E-state index contributed by atoms with van der Waals surface area (Å²) in [4.78, 5) is 26.4. The van der Waals surface area contributed by atoms with Gasteiger partial charge < -0.3 is 9.80 Å². The fourth-order valence-corrected chi connectivity index (χ4v) is 4.65. The summed E-state index contributed by atoms with van der Waals surface area (Å²) in [7, 11) is 0. The number of carbonyl (C=O) groups is 1. The van der Waals surface area contributed by atoms with Crippen molar-refractivity contribution in [3.63, 3.8) is 0 Å². The molecule has 0 bridgehead atoms. The van der Waals surface area contributed by atoms with Gasteiger partial charge in [0.05, 0.1) is 22.3 Å². The molecule has 2 aromatic heterocycles. The minimum absolute atomic E-state index is 0.0397. The predicted octanol–water partition coefficient (Wildman–Crippen LogP) is 5.06. The Bertz CT molecular complexity index is 1430. The van der Waals surface area contributed by atoms with Crippen LogP contribution in [0.5, 0.6) is 0 Å². The van der Waals surface area contributed by atoms with Crippen LogP contribution in [0.1, 0.15) is 40.8 Å². The molecule has 37 heavy (non-hydrogen) atoms. The lowest BCUT2D eigenvalue weighted by molar-refractivity contribution is -0.137. The predicted molar refractivity (Wildman–Crippen MR) is 135 cm³/mol. The lowest BCUT2D eigenvalue weighted by atomic mass is 10.1. The summed E-state index contributed by atoms with van der Waals surface area (Å²) in [6.45, 7) is 5.74. The van der Waals surface area contributed by atoms with E-state index in [0.717, 1.165) is 59.0 Å². The van der Waals surface area contributed by atoms with Crippen LogP contribution in [-0.4, -0.2) is 56.7 Å². The number of fused-ring (bicyclic) bond motifs is 1. The first-order chi connectivity index (χ1) is 17.8. The van der Waals surface area contributed by atoms with Crippen LogP contribution >= 0.6 is 0 Å². The Labute approximate surface area is 212 Å². The zero-order chi connectivity index (χ0) is 26.2. The molecule has 2 aromatic carbocycles. The van der Waals surface area contributed by atoms with Crippen molar-refractivity contribution >= 4 is 22.8 Å². The summed E-state index contributed by atoms with van der Waals surface area (Å²) >= 11 is 0. The Kier molecular flexibility index (Phi) is 6.57. The highest BCUT2D eigenvalue weighted by molar-refractivity contribution is 5.95. The number of alkyl halides is 3. The molecule has 0 radical (unpaired) electrons. The molecular formula is C27H27F3N6O. The molecule has 0 unspecified atom stereocenters. The Morgan fingerprint density at radius 3 is 2.38 bits per heavy atom. The van der Waals surface area contributed by atoms with Crippen LogP contribution in [-0.2, 0) is 12.6 Å². The van der Waals surface area contributed by atoms with Crippen molar-refractivity contribution in [3.05, 3.63) is 77.2 Å². The highest BCUT2D eigenvalue weighted by atomic mass is 19.4. The molecule has 5 rings (SSSR count). The van der Waals surface area contributed by atoms with Crippen LogP contribution in [0.4, 0.5) is 19.0 Å². The Balaban J connectivity index is 1.43. The molecule has 4 aromatic rings. The Morgan fingerprint density at radius 1 is 0.973 bits per heavy atom. The summed E-state index contributed by atoms with van der Waals surface area (Å²) in [6, 6.07) is 14.4. The SMILES string of the molecule is CCCc1nc(N2CCN(C(=O)c3cccc(C(F)(F)F)c3)CC2)c2c(C)nn(-c3ccccc3)c2n1. The van der Waals surface area contributed by atoms with Gasteiger partial charge in [-0.3, -0.25) is 4.79 Å². The second kappa shape index (κ2) is 9.84. The van der Waals surface area contributed by atoms with Gasteiger partial charge >= 0.3 is 6.18 Å².